The molecule has 0 saturated carbocycles. The van der Waals surface area contributed by atoms with Crippen LogP contribution in [0.4, 0.5) is 0 Å². The minimum atomic E-state index is -0.772. The van der Waals surface area contributed by atoms with Crippen molar-refractivity contribution in [2.75, 3.05) is 0 Å². The van der Waals surface area contributed by atoms with Gasteiger partial charge in [-0.3, -0.25) is 4.68 Å². The van der Waals surface area contributed by atoms with Crippen LogP contribution < -0.4 is 0 Å². The van der Waals surface area contributed by atoms with Crippen molar-refractivity contribution in [2.24, 2.45) is 0 Å². The normalized spacial score (nSPS) is 26.7. The first-order chi connectivity index (χ1) is 6.74. The Balaban J connectivity index is 2.28. The van der Waals surface area contributed by atoms with Crippen molar-refractivity contribution in [3.63, 3.8) is 0 Å². The van der Waals surface area contributed by atoms with Crippen LogP contribution in [0.5, 0.6) is 0 Å². The van der Waals surface area contributed by atoms with Crippen molar-refractivity contribution in [3.05, 3.63) is 30.1 Å². The molecule has 1 unspecified atom stereocenters. The zero-order valence-electron chi connectivity index (χ0n) is 8.48. The van der Waals surface area contributed by atoms with Crippen LogP contribution in [0, 0.1) is 0 Å². The van der Waals surface area contributed by atoms with Gasteiger partial charge in [0.1, 0.15) is 5.60 Å². The Morgan fingerprint density at radius 1 is 1.64 bits per heavy atom. The molecule has 1 aliphatic rings. The second-order valence-electron chi connectivity index (χ2n) is 3.80. The van der Waals surface area contributed by atoms with E-state index in [0.29, 0.717) is 0 Å². The molecule has 76 valence electrons. The molecule has 0 bridgehead atoms. The van der Waals surface area contributed by atoms with E-state index in [0.717, 1.165) is 31.4 Å². The predicted molar refractivity (Wildman–Crippen MR) is 54.8 cm³/mol. The summed E-state index contributed by atoms with van der Waals surface area (Å²) in [6.45, 7) is 2.89. The van der Waals surface area contributed by atoms with E-state index in [2.05, 4.69) is 5.10 Å². The average molecular weight is 192 g/mol. The number of hydrogen-bond acceptors (Lipinski definition) is 2. The summed E-state index contributed by atoms with van der Waals surface area (Å²) >= 11 is 0. The number of nitrogens with zero attached hydrogens (tertiary/aromatic N) is 2. The molecular formula is C11H16N2O. The summed E-state index contributed by atoms with van der Waals surface area (Å²) in [5.41, 5.74) is 0.140. The van der Waals surface area contributed by atoms with Crippen molar-refractivity contribution in [3.8, 4) is 0 Å². The van der Waals surface area contributed by atoms with Crippen molar-refractivity contribution >= 4 is 0 Å². The van der Waals surface area contributed by atoms with Crippen LogP contribution in [0.15, 0.2) is 24.5 Å². The molecule has 3 nitrogen and oxygen atoms in total. The molecular weight excluding hydrogens is 176 g/mol. The smallest absolute Gasteiger partial charge is 0.111 e. The average Bonchev–Trinajstić information content (AvgIpc) is 2.67. The molecule has 2 rings (SSSR count). The molecule has 1 heterocycles. The van der Waals surface area contributed by atoms with E-state index < -0.39 is 5.60 Å². The van der Waals surface area contributed by atoms with E-state index in [4.69, 9.17) is 0 Å². The third-order valence-corrected chi connectivity index (χ3v) is 2.78. The molecule has 0 fully saturated rings. The van der Waals surface area contributed by atoms with E-state index in [-0.39, 0.29) is 0 Å². The van der Waals surface area contributed by atoms with E-state index in [9.17, 15) is 5.11 Å². The monoisotopic (exact) mass is 192 g/mol. The number of aliphatic hydroxyl groups is 1. The van der Waals surface area contributed by atoms with Gasteiger partial charge in [0.15, 0.2) is 0 Å². The minimum absolute atomic E-state index is 0.772. The lowest BCUT2D eigenvalue weighted by atomic mass is 9.86. The Morgan fingerprint density at radius 2 is 2.50 bits per heavy atom. The lowest BCUT2D eigenvalue weighted by Gasteiger charge is -2.26. The topological polar surface area (TPSA) is 38.0 Å². The van der Waals surface area contributed by atoms with Gasteiger partial charge in [0.05, 0.1) is 6.20 Å². The van der Waals surface area contributed by atoms with Gasteiger partial charge in [0.2, 0.25) is 0 Å². The zero-order chi connectivity index (χ0) is 10.0. The SMILES string of the molecule is CCn1cc(C2(O)C=CCCC2)cn1. The molecule has 0 saturated heterocycles. The number of aryl methyl sites for hydroxylation is 1. The summed E-state index contributed by atoms with van der Waals surface area (Å²) in [5.74, 6) is 0. The van der Waals surface area contributed by atoms with Crippen LogP contribution >= 0.6 is 0 Å². The summed E-state index contributed by atoms with van der Waals surface area (Å²) in [7, 11) is 0. The van der Waals surface area contributed by atoms with Gasteiger partial charge >= 0.3 is 0 Å². The molecule has 0 aliphatic heterocycles. The van der Waals surface area contributed by atoms with Crippen molar-refractivity contribution in [1.29, 1.82) is 0 Å². The van der Waals surface area contributed by atoms with Crippen LogP contribution in [0.3, 0.4) is 0 Å². The van der Waals surface area contributed by atoms with E-state index in [1.54, 1.807) is 6.20 Å². The highest BCUT2D eigenvalue weighted by Crippen LogP contribution is 2.31. The first-order valence-corrected chi connectivity index (χ1v) is 5.17. The maximum absolute atomic E-state index is 10.3. The highest BCUT2D eigenvalue weighted by Gasteiger charge is 2.28. The fourth-order valence-corrected chi connectivity index (χ4v) is 1.85. The lowest BCUT2D eigenvalue weighted by Crippen LogP contribution is -2.24. The number of allylic oxidation sites excluding steroid dienone is 1. The van der Waals surface area contributed by atoms with Gasteiger partial charge in [0.25, 0.3) is 0 Å². The summed E-state index contributed by atoms with van der Waals surface area (Å²) in [6, 6.07) is 0. The second kappa shape index (κ2) is 3.58. The summed E-state index contributed by atoms with van der Waals surface area (Å²) in [4.78, 5) is 0. The Labute approximate surface area is 84.1 Å². The van der Waals surface area contributed by atoms with Gasteiger partial charge in [-0.05, 0) is 26.2 Å². The molecule has 0 aromatic carbocycles. The quantitative estimate of drug-likeness (QED) is 0.726. The summed E-state index contributed by atoms with van der Waals surface area (Å²) < 4.78 is 1.84. The van der Waals surface area contributed by atoms with Gasteiger partial charge in [-0.1, -0.05) is 12.2 Å². The van der Waals surface area contributed by atoms with E-state index in [1.807, 2.05) is 30.0 Å². The molecule has 1 aromatic rings. The molecule has 0 amide bonds. The van der Waals surface area contributed by atoms with Crippen LogP contribution in [-0.2, 0) is 12.1 Å². The molecule has 3 heteroatoms. The second-order valence-corrected chi connectivity index (χ2v) is 3.80. The number of rotatable bonds is 2. The Bertz CT molecular complexity index is 343. The highest BCUT2D eigenvalue weighted by atomic mass is 16.3. The minimum Gasteiger partial charge on any atom is -0.381 e. The largest absolute Gasteiger partial charge is 0.381 e. The Kier molecular flexibility index (Phi) is 2.42. The molecule has 1 atom stereocenters. The van der Waals surface area contributed by atoms with Crippen molar-refractivity contribution < 1.29 is 5.11 Å². The lowest BCUT2D eigenvalue weighted by molar-refractivity contribution is 0.0725. The van der Waals surface area contributed by atoms with Gasteiger partial charge < -0.3 is 5.11 Å². The number of hydrogen-bond donors (Lipinski definition) is 1. The highest BCUT2D eigenvalue weighted by molar-refractivity contribution is 5.23. The standard InChI is InChI=1S/C11H16N2O/c1-2-13-9-10(8-12-13)11(14)6-4-3-5-7-11/h4,6,8-9,14H,2-3,5,7H2,1H3. The Hall–Kier alpha value is -1.09. The molecule has 14 heavy (non-hydrogen) atoms. The predicted octanol–water partition coefficient (Wildman–Crippen LogP) is 1.83. The molecule has 1 aliphatic carbocycles. The summed E-state index contributed by atoms with van der Waals surface area (Å²) in [6.07, 6.45) is 10.6. The van der Waals surface area contributed by atoms with E-state index in [1.165, 1.54) is 0 Å². The van der Waals surface area contributed by atoms with E-state index >= 15 is 0 Å². The molecule has 1 N–H and O–H groups in total. The molecule has 0 radical (unpaired) electrons. The summed E-state index contributed by atoms with van der Waals surface area (Å²) in [5, 5.41) is 14.5. The molecule has 1 aromatic heterocycles. The van der Waals surface area contributed by atoms with Crippen molar-refractivity contribution in [2.45, 2.75) is 38.3 Å². The van der Waals surface area contributed by atoms with Crippen LogP contribution in [0.25, 0.3) is 0 Å². The maximum Gasteiger partial charge on any atom is 0.111 e. The van der Waals surface area contributed by atoms with Gasteiger partial charge in [0, 0.05) is 18.3 Å². The van der Waals surface area contributed by atoms with Crippen LogP contribution in [-0.4, -0.2) is 14.9 Å². The molecule has 0 spiro atoms. The zero-order valence-corrected chi connectivity index (χ0v) is 8.48. The fraction of sp³-hybridized carbons (Fsp3) is 0.545. The first kappa shape index (κ1) is 9.46. The van der Waals surface area contributed by atoms with Crippen LogP contribution in [0.2, 0.25) is 0 Å². The van der Waals surface area contributed by atoms with Crippen molar-refractivity contribution in [1.82, 2.24) is 9.78 Å². The third kappa shape index (κ3) is 1.60. The Morgan fingerprint density at radius 3 is 3.07 bits per heavy atom. The number of aromatic nitrogens is 2. The first-order valence-electron chi connectivity index (χ1n) is 5.17. The van der Waals surface area contributed by atoms with Crippen LogP contribution in [0.1, 0.15) is 31.7 Å². The third-order valence-electron chi connectivity index (χ3n) is 2.78. The van der Waals surface area contributed by atoms with Gasteiger partial charge in [-0.2, -0.15) is 5.10 Å². The fourth-order valence-electron chi connectivity index (χ4n) is 1.85. The van der Waals surface area contributed by atoms with Gasteiger partial charge in [-0.25, -0.2) is 0 Å². The van der Waals surface area contributed by atoms with Gasteiger partial charge in [-0.15, -0.1) is 0 Å². The maximum atomic E-state index is 10.3.